The normalized spacial score (nSPS) is 16.8. The molecule has 0 bridgehead atoms. The van der Waals surface area contributed by atoms with E-state index in [1.807, 2.05) is 70.2 Å². The van der Waals surface area contributed by atoms with E-state index in [1.54, 1.807) is 31.0 Å². The number of aryl methyl sites for hydroxylation is 1. The van der Waals surface area contributed by atoms with E-state index in [4.69, 9.17) is 21.3 Å². The smallest absolute Gasteiger partial charge is 0.270 e. The van der Waals surface area contributed by atoms with Crippen molar-refractivity contribution in [3.63, 3.8) is 0 Å². The summed E-state index contributed by atoms with van der Waals surface area (Å²) < 4.78 is 7.23. The van der Waals surface area contributed by atoms with Crippen LogP contribution in [0.2, 0.25) is 5.02 Å². The zero-order valence-electron chi connectivity index (χ0n) is 29.4. The molecule has 0 spiro atoms. The first-order chi connectivity index (χ1) is 23.4. The number of nitrogens with one attached hydrogen (secondary N) is 4. The van der Waals surface area contributed by atoms with Gasteiger partial charge in [-0.3, -0.25) is 19.1 Å². The number of ether oxygens (including phenoxy) is 1. The third kappa shape index (κ3) is 7.38. The summed E-state index contributed by atoms with van der Waals surface area (Å²) in [5.41, 5.74) is 2.22. The van der Waals surface area contributed by atoms with Crippen LogP contribution in [0.3, 0.4) is 0 Å². The second kappa shape index (κ2) is 14.7. The van der Waals surface area contributed by atoms with Crippen molar-refractivity contribution in [3.05, 3.63) is 82.4 Å². The molecule has 262 valence electrons. The van der Waals surface area contributed by atoms with Crippen LogP contribution in [-0.4, -0.2) is 63.8 Å². The summed E-state index contributed by atoms with van der Waals surface area (Å²) in [6, 6.07) is 13.8. The van der Waals surface area contributed by atoms with Gasteiger partial charge in [0.2, 0.25) is 11.8 Å². The number of fused-ring (bicyclic) bond motifs is 1. The lowest BCUT2D eigenvalue weighted by molar-refractivity contribution is -0.134. The fraction of sp³-hybridized carbons (Fsp3) is 0.486. The van der Waals surface area contributed by atoms with Crippen LogP contribution in [0.4, 0.5) is 0 Å². The van der Waals surface area contributed by atoms with Gasteiger partial charge in [0.1, 0.15) is 17.6 Å². The summed E-state index contributed by atoms with van der Waals surface area (Å²) in [4.78, 5) is 49.2. The number of imidazole rings is 1. The van der Waals surface area contributed by atoms with E-state index in [2.05, 4.69) is 33.0 Å². The molecule has 0 aliphatic heterocycles. The van der Waals surface area contributed by atoms with Crippen LogP contribution >= 0.6 is 11.6 Å². The number of aromatic amines is 1. The largest absolute Gasteiger partial charge is 0.383 e. The summed E-state index contributed by atoms with van der Waals surface area (Å²) in [6.45, 7) is 12.7. The van der Waals surface area contributed by atoms with Crippen LogP contribution in [0.15, 0.2) is 54.7 Å². The van der Waals surface area contributed by atoms with Crippen LogP contribution in [0.25, 0.3) is 11.0 Å². The first kappa shape index (κ1) is 36.1. The minimum absolute atomic E-state index is 0.0856. The first-order valence-electron chi connectivity index (χ1n) is 17.0. The highest BCUT2D eigenvalue weighted by Crippen LogP contribution is 2.60. The van der Waals surface area contributed by atoms with Crippen molar-refractivity contribution in [1.82, 2.24) is 35.7 Å². The number of hydrogen-bond donors (Lipinski definition) is 4. The Balaban J connectivity index is 1.57. The maximum absolute atomic E-state index is 13.9. The average Bonchev–Trinajstić information content (AvgIpc) is 3.44. The Bertz CT molecular complexity index is 1810. The number of hydrogen-bond acceptors (Lipinski definition) is 6. The fourth-order valence-corrected chi connectivity index (χ4v) is 6.96. The summed E-state index contributed by atoms with van der Waals surface area (Å²) >= 11 is 6.84. The van der Waals surface area contributed by atoms with Gasteiger partial charge in [0.05, 0.1) is 29.1 Å². The Morgan fingerprint density at radius 3 is 2.47 bits per heavy atom. The number of likely N-dealkylation sites (N-methyl/N-ethyl adjacent to an activating group) is 1. The SMILES string of the molecule is CCNC(=O)[C@H](NC(=O)C(C)(COC)c1ccc2nc([C@@H](NC(=O)c3ccnn3CC)[C@H](c3ccccc3Cl)C3(C)CC3)[nH]c2c1)C(C)C. The van der Waals surface area contributed by atoms with Gasteiger partial charge < -0.3 is 25.7 Å². The van der Waals surface area contributed by atoms with Gasteiger partial charge >= 0.3 is 0 Å². The van der Waals surface area contributed by atoms with Crippen LogP contribution in [0.1, 0.15) is 93.8 Å². The van der Waals surface area contributed by atoms with Crippen molar-refractivity contribution in [2.24, 2.45) is 11.3 Å². The zero-order valence-corrected chi connectivity index (χ0v) is 30.1. The minimum Gasteiger partial charge on any atom is -0.383 e. The molecule has 1 fully saturated rings. The molecule has 0 saturated heterocycles. The number of methoxy groups -OCH3 is 1. The van der Waals surface area contributed by atoms with Gasteiger partial charge in [-0.1, -0.05) is 56.6 Å². The standard InChI is InChI=1S/C37H48ClN7O4/c1-8-39-34(47)30(22(3)4)44-35(48)37(6,21-49-7)23-14-15-26-27(20-23)42-32(41-26)31(43-33(46)28-16-19-40-45(28)9-2)29(36(5)17-18-36)24-12-10-11-13-25(24)38/h10-16,19-20,22,29-31H,8-9,17-18,21H2,1-7H3,(H,39,47)(H,41,42)(H,43,46)(H,44,48)/t29-,30+,31-,37?/m0/s1. The molecule has 2 heterocycles. The van der Waals surface area contributed by atoms with Crippen molar-refractivity contribution in [2.45, 2.75) is 84.3 Å². The van der Waals surface area contributed by atoms with Gasteiger partial charge in [-0.25, -0.2) is 4.98 Å². The maximum Gasteiger partial charge on any atom is 0.270 e. The van der Waals surface area contributed by atoms with E-state index in [-0.39, 0.29) is 41.6 Å². The Morgan fingerprint density at radius 1 is 1.10 bits per heavy atom. The van der Waals surface area contributed by atoms with Crippen molar-refractivity contribution in [2.75, 3.05) is 20.3 Å². The third-order valence-corrected chi connectivity index (χ3v) is 10.2. The topological polar surface area (TPSA) is 143 Å². The Hall–Kier alpha value is -4.22. The average molecular weight is 690 g/mol. The number of benzene rings is 2. The molecule has 12 heteroatoms. The number of rotatable bonds is 15. The second-order valence-electron chi connectivity index (χ2n) is 13.8. The molecule has 1 saturated carbocycles. The Labute approximate surface area is 292 Å². The van der Waals surface area contributed by atoms with E-state index in [0.717, 1.165) is 18.4 Å². The monoisotopic (exact) mass is 689 g/mol. The molecule has 4 N–H and O–H groups in total. The highest BCUT2D eigenvalue weighted by Gasteiger charge is 2.51. The molecule has 5 rings (SSSR count). The Morgan fingerprint density at radius 2 is 1.84 bits per heavy atom. The van der Waals surface area contributed by atoms with E-state index in [9.17, 15) is 14.4 Å². The van der Waals surface area contributed by atoms with Crippen molar-refractivity contribution < 1.29 is 19.1 Å². The first-order valence-corrected chi connectivity index (χ1v) is 17.4. The van der Waals surface area contributed by atoms with Crippen LogP contribution in [-0.2, 0) is 26.3 Å². The van der Waals surface area contributed by atoms with Crippen LogP contribution in [0.5, 0.6) is 0 Å². The van der Waals surface area contributed by atoms with Crippen LogP contribution in [0, 0.1) is 11.3 Å². The Kier molecular flexibility index (Phi) is 10.8. The lowest BCUT2D eigenvalue weighted by Crippen LogP contribution is -2.55. The summed E-state index contributed by atoms with van der Waals surface area (Å²) in [7, 11) is 1.55. The molecule has 1 aliphatic carbocycles. The van der Waals surface area contributed by atoms with Gasteiger partial charge in [-0.15, -0.1) is 0 Å². The van der Waals surface area contributed by atoms with Gasteiger partial charge in [0, 0.05) is 37.3 Å². The maximum atomic E-state index is 13.9. The number of H-pyrrole nitrogens is 1. The number of aromatic nitrogens is 4. The summed E-state index contributed by atoms with van der Waals surface area (Å²) in [5, 5.41) is 14.0. The summed E-state index contributed by atoms with van der Waals surface area (Å²) in [5.74, 6) is -0.543. The molecule has 1 aliphatic rings. The molecule has 0 radical (unpaired) electrons. The fourth-order valence-electron chi connectivity index (χ4n) is 6.70. The predicted octanol–water partition coefficient (Wildman–Crippen LogP) is 5.67. The van der Waals surface area contributed by atoms with Crippen molar-refractivity contribution in [3.8, 4) is 0 Å². The van der Waals surface area contributed by atoms with Gasteiger partial charge in [-0.05, 0) is 80.3 Å². The molecule has 49 heavy (non-hydrogen) atoms. The van der Waals surface area contributed by atoms with Gasteiger partial charge in [0.25, 0.3) is 5.91 Å². The van der Waals surface area contributed by atoms with Gasteiger partial charge in [0.15, 0.2) is 0 Å². The molecule has 11 nitrogen and oxygen atoms in total. The third-order valence-electron chi connectivity index (χ3n) is 9.85. The predicted molar refractivity (Wildman–Crippen MR) is 190 cm³/mol. The number of carbonyl (C=O) groups is 3. The highest BCUT2D eigenvalue weighted by molar-refractivity contribution is 6.31. The van der Waals surface area contributed by atoms with E-state index in [0.29, 0.717) is 46.2 Å². The van der Waals surface area contributed by atoms with E-state index >= 15 is 0 Å². The molecule has 3 amide bonds. The molecule has 4 aromatic rings. The quantitative estimate of drug-likeness (QED) is 0.127. The minimum atomic E-state index is -1.12. The lowest BCUT2D eigenvalue weighted by atomic mass is 9.78. The molecule has 1 unspecified atom stereocenters. The number of nitrogens with zero attached hydrogens (tertiary/aromatic N) is 3. The highest BCUT2D eigenvalue weighted by atomic mass is 35.5. The molecular formula is C37H48ClN7O4. The van der Waals surface area contributed by atoms with Gasteiger partial charge in [-0.2, -0.15) is 5.10 Å². The molecule has 2 aromatic carbocycles. The van der Waals surface area contributed by atoms with Crippen molar-refractivity contribution in [1.29, 1.82) is 0 Å². The summed E-state index contributed by atoms with van der Waals surface area (Å²) in [6.07, 6.45) is 3.58. The number of halogens is 1. The van der Waals surface area contributed by atoms with Crippen LogP contribution < -0.4 is 16.0 Å². The molecule has 2 aromatic heterocycles. The zero-order chi connectivity index (χ0) is 35.5. The lowest BCUT2D eigenvalue weighted by Gasteiger charge is -2.33. The van der Waals surface area contributed by atoms with E-state index < -0.39 is 17.5 Å². The number of carbonyl (C=O) groups excluding carboxylic acids is 3. The molecule has 4 atom stereocenters. The second-order valence-corrected chi connectivity index (χ2v) is 14.3. The van der Waals surface area contributed by atoms with Crippen molar-refractivity contribution >= 4 is 40.4 Å². The van der Waals surface area contributed by atoms with E-state index in [1.165, 1.54) is 0 Å². The number of amides is 3. The molecular weight excluding hydrogens is 642 g/mol.